The molecular formula is C16H21BrN4. The lowest BCUT2D eigenvalue weighted by molar-refractivity contribution is 0.312. The number of benzene rings is 1. The third-order valence-electron chi connectivity index (χ3n) is 4.46. The largest absolute Gasteiger partial charge is 0.271 e. The van der Waals surface area contributed by atoms with Crippen LogP contribution in [-0.2, 0) is 19.4 Å². The average molecular weight is 349 g/mol. The smallest absolute Gasteiger partial charge is 0.0712 e. The Bertz CT molecular complexity index is 622. The van der Waals surface area contributed by atoms with Crippen LogP contribution < -0.4 is 11.3 Å². The molecule has 4 nitrogen and oxygen atoms in total. The second kappa shape index (κ2) is 6.30. The Morgan fingerprint density at radius 3 is 2.90 bits per heavy atom. The standard InChI is InChI=1S/C16H21BrN4/c1-2-21-16(14(17)10-19-21)15(20-18)13-8-7-11-5-3-4-6-12(11)9-13/h3-6,10,13,15,20H,2,7-9,18H2,1H3. The molecule has 0 saturated heterocycles. The van der Waals surface area contributed by atoms with Gasteiger partial charge in [0.2, 0.25) is 0 Å². The van der Waals surface area contributed by atoms with E-state index in [0.29, 0.717) is 5.92 Å². The molecule has 2 aromatic rings. The molecule has 0 radical (unpaired) electrons. The molecule has 1 aromatic carbocycles. The highest BCUT2D eigenvalue weighted by Crippen LogP contribution is 2.36. The topological polar surface area (TPSA) is 55.9 Å². The summed E-state index contributed by atoms with van der Waals surface area (Å²) in [5.74, 6) is 6.38. The first-order valence-corrected chi connectivity index (χ1v) is 8.28. The summed E-state index contributed by atoms with van der Waals surface area (Å²) in [5, 5.41) is 4.42. The summed E-state index contributed by atoms with van der Waals surface area (Å²) in [4.78, 5) is 0. The van der Waals surface area contributed by atoms with Crippen LogP contribution >= 0.6 is 15.9 Å². The van der Waals surface area contributed by atoms with Crippen molar-refractivity contribution in [1.82, 2.24) is 15.2 Å². The summed E-state index contributed by atoms with van der Waals surface area (Å²) in [7, 11) is 0. The van der Waals surface area contributed by atoms with Gasteiger partial charge in [-0.3, -0.25) is 16.0 Å². The van der Waals surface area contributed by atoms with E-state index in [2.05, 4.69) is 57.6 Å². The average Bonchev–Trinajstić information content (AvgIpc) is 2.89. The predicted molar refractivity (Wildman–Crippen MR) is 87.6 cm³/mol. The van der Waals surface area contributed by atoms with E-state index in [1.807, 2.05) is 10.9 Å². The molecule has 0 spiro atoms. The molecule has 112 valence electrons. The van der Waals surface area contributed by atoms with Crippen LogP contribution in [0.2, 0.25) is 0 Å². The van der Waals surface area contributed by atoms with Crippen molar-refractivity contribution in [3.63, 3.8) is 0 Å². The van der Waals surface area contributed by atoms with Gasteiger partial charge in [-0.2, -0.15) is 5.10 Å². The summed E-state index contributed by atoms with van der Waals surface area (Å²) in [6, 6.07) is 8.85. The van der Waals surface area contributed by atoms with E-state index in [4.69, 9.17) is 5.84 Å². The Morgan fingerprint density at radius 1 is 1.43 bits per heavy atom. The number of aromatic nitrogens is 2. The fourth-order valence-electron chi connectivity index (χ4n) is 3.38. The second-order valence-electron chi connectivity index (χ2n) is 5.61. The summed E-state index contributed by atoms with van der Waals surface area (Å²) in [5.41, 5.74) is 7.12. The van der Waals surface area contributed by atoms with Gasteiger partial charge in [0.05, 0.1) is 22.4 Å². The Morgan fingerprint density at radius 2 is 2.19 bits per heavy atom. The third-order valence-corrected chi connectivity index (χ3v) is 5.07. The molecule has 0 fully saturated rings. The molecule has 0 amide bonds. The molecule has 1 aliphatic carbocycles. The highest BCUT2D eigenvalue weighted by Gasteiger charge is 2.30. The lowest BCUT2D eigenvalue weighted by Crippen LogP contribution is -2.37. The predicted octanol–water partition coefficient (Wildman–Crippen LogP) is 2.98. The molecule has 1 aliphatic rings. The Hall–Kier alpha value is -1.17. The maximum absolute atomic E-state index is 5.90. The van der Waals surface area contributed by atoms with Gasteiger partial charge in [0.1, 0.15) is 0 Å². The first kappa shape index (κ1) is 14.8. The number of halogens is 1. The van der Waals surface area contributed by atoms with Gasteiger partial charge in [-0.1, -0.05) is 24.3 Å². The second-order valence-corrected chi connectivity index (χ2v) is 6.46. The monoisotopic (exact) mass is 348 g/mol. The number of hydrazine groups is 1. The fraction of sp³-hybridized carbons (Fsp3) is 0.438. The maximum atomic E-state index is 5.90. The van der Waals surface area contributed by atoms with E-state index in [1.165, 1.54) is 11.1 Å². The van der Waals surface area contributed by atoms with Gasteiger partial charge < -0.3 is 0 Å². The molecule has 0 saturated carbocycles. The summed E-state index contributed by atoms with van der Waals surface area (Å²) >= 11 is 3.62. The SMILES string of the molecule is CCn1ncc(Br)c1C(NN)C1CCc2ccccc2C1. The Kier molecular flexibility index (Phi) is 4.42. The van der Waals surface area contributed by atoms with Crippen LogP contribution in [0.5, 0.6) is 0 Å². The van der Waals surface area contributed by atoms with Crippen LogP contribution in [-0.4, -0.2) is 9.78 Å². The van der Waals surface area contributed by atoms with E-state index in [0.717, 1.165) is 36.0 Å². The Balaban J connectivity index is 1.90. The number of nitrogens with zero attached hydrogens (tertiary/aromatic N) is 2. The summed E-state index contributed by atoms with van der Waals surface area (Å²) in [6.45, 7) is 2.95. The van der Waals surface area contributed by atoms with Crippen molar-refractivity contribution in [2.75, 3.05) is 0 Å². The molecule has 0 aliphatic heterocycles. The van der Waals surface area contributed by atoms with Crippen LogP contribution in [0.1, 0.15) is 36.2 Å². The van der Waals surface area contributed by atoms with Gasteiger partial charge in [-0.05, 0) is 59.2 Å². The van der Waals surface area contributed by atoms with Crippen molar-refractivity contribution < 1.29 is 0 Å². The van der Waals surface area contributed by atoms with E-state index in [1.54, 1.807) is 0 Å². The number of hydrogen-bond donors (Lipinski definition) is 2. The quantitative estimate of drug-likeness (QED) is 0.659. The van der Waals surface area contributed by atoms with Crippen LogP contribution in [0.3, 0.4) is 0 Å². The van der Waals surface area contributed by atoms with Crippen molar-refractivity contribution in [1.29, 1.82) is 0 Å². The van der Waals surface area contributed by atoms with E-state index in [9.17, 15) is 0 Å². The van der Waals surface area contributed by atoms with Crippen molar-refractivity contribution in [3.8, 4) is 0 Å². The zero-order valence-corrected chi connectivity index (χ0v) is 13.8. The number of aryl methyl sites for hydroxylation is 2. The first-order chi connectivity index (χ1) is 10.2. The van der Waals surface area contributed by atoms with Gasteiger partial charge in [0.25, 0.3) is 0 Å². The van der Waals surface area contributed by atoms with Crippen LogP contribution in [0.4, 0.5) is 0 Å². The van der Waals surface area contributed by atoms with E-state index >= 15 is 0 Å². The third kappa shape index (κ3) is 2.78. The van der Waals surface area contributed by atoms with Crippen LogP contribution in [0.15, 0.2) is 34.9 Å². The minimum absolute atomic E-state index is 0.121. The highest BCUT2D eigenvalue weighted by atomic mass is 79.9. The van der Waals surface area contributed by atoms with Crippen molar-refractivity contribution in [2.45, 2.75) is 38.8 Å². The lowest BCUT2D eigenvalue weighted by atomic mass is 9.79. The number of nitrogens with two attached hydrogens (primary N) is 1. The molecule has 3 N–H and O–H groups in total. The van der Waals surface area contributed by atoms with Gasteiger partial charge >= 0.3 is 0 Å². The molecule has 2 unspecified atom stereocenters. The van der Waals surface area contributed by atoms with Gasteiger partial charge in [0, 0.05) is 6.54 Å². The molecule has 3 rings (SSSR count). The molecule has 5 heteroatoms. The minimum Gasteiger partial charge on any atom is -0.271 e. The Labute approximate surface area is 133 Å². The van der Waals surface area contributed by atoms with Crippen molar-refractivity contribution in [2.24, 2.45) is 11.8 Å². The summed E-state index contributed by atoms with van der Waals surface area (Å²) in [6.07, 6.45) is 5.19. The maximum Gasteiger partial charge on any atom is 0.0712 e. The normalized spacial score (nSPS) is 19.3. The molecule has 1 aromatic heterocycles. The summed E-state index contributed by atoms with van der Waals surface area (Å²) < 4.78 is 3.06. The molecule has 1 heterocycles. The fourth-order valence-corrected chi connectivity index (χ4v) is 3.92. The van der Waals surface area contributed by atoms with Gasteiger partial charge in [-0.15, -0.1) is 0 Å². The number of rotatable bonds is 4. The molecule has 2 atom stereocenters. The molecule has 0 bridgehead atoms. The highest BCUT2D eigenvalue weighted by molar-refractivity contribution is 9.10. The van der Waals surface area contributed by atoms with Crippen LogP contribution in [0, 0.1) is 5.92 Å². The van der Waals surface area contributed by atoms with E-state index < -0.39 is 0 Å². The zero-order chi connectivity index (χ0) is 14.8. The van der Waals surface area contributed by atoms with Crippen molar-refractivity contribution in [3.05, 3.63) is 51.8 Å². The number of hydrogen-bond acceptors (Lipinski definition) is 3. The number of nitrogens with one attached hydrogen (secondary N) is 1. The zero-order valence-electron chi connectivity index (χ0n) is 12.2. The van der Waals surface area contributed by atoms with Crippen LogP contribution in [0.25, 0.3) is 0 Å². The van der Waals surface area contributed by atoms with Gasteiger partial charge in [0.15, 0.2) is 0 Å². The first-order valence-electron chi connectivity index (χ1n) is 7.48. The minimum atomic E-state index is 0.121. The number of fused-ring (bicyclic) bond motifs is 1. The van der Waals surface area contributed by atoms with Crippen molar-refractivity contribution >= 4 is 15.9 Å². The molecule has 21 heavy (non-hydrogen) atoms. The lowest BCUT2D eigenvalue weighted by Gasteiger charge is -2.31. The molecular weight excluding hydrogens is 328 g/mol. The van der Waals surface area contributed by atoms with Gasteiger partial charge in [-0.25, -0.2) is 0 Å². The van der Waals surface area contributed by atoms with E-state index in [-0.39, 0.29) is 6.04 Å².